The molecule has 166 valence electrons. The second-order valence-electron chi connectivity index (χ2n) is 7.79. The predicted octanol–water partition coefficient (Wildman–Crippen LogP) is 3.83. The minimum Gasteiger partial charge on any atom is -0.385 e. The summed E-state index contributed by atoms with van der Waals surface area (Å²) in [5.41, 5.74) is 1.75. The van der Waals surface area contributed by atoms with Crippen LogP contribution in [0.3, 0.4) is 0 Å². The number of amides is 3. The number of hydrogen-bond acceptors (Lipinski definition) is 4. The third-order valence-corrected chi connectivity index (χ3v) is 6.20. The van der Waals surface area contributed by atoms with Crippen LogP contribution in [0.1, 0.15) is 47.1 Å². The number of aromatic nitrogens is 1. The number of ketones is 1. The number of carbonyl (C=O) groups excluding carboxylic acids is 3. The lowest BCUT2D eigenvalue weighted by Gasteiger charge is -2.25. The lowest BCUT2D eigenvalue weighted by Crippen LogP contribution is -2.43. The molecule has 0 spiro atoms. The van der Waals surface area contributed by atoms with E-state index in [1.165, 1.54) is 0 Å². The maximum absolute atomic E-state index is 13.3. The lowest BCUT2D eigenvalue weighted by atomic mass is 9.87. The van der Waals surface area contributed by atoms with E-state index < -0.39 is 17.5 Å². The number of urea groups is 1. The molecular formula is C23H28ClN3O4. The Bertz CT molecular complexity index is 999. The topological polar surface area (TPSA) is 80.6 Å². The van der Waals surface area contributed by atoms with Crippen LogP contribution in [0.15, 0.2) is 30.3 Å². The first kappa shape index (κ1) is 23.0. The van der Waals surface area contributed by atoms with Gasteiger partial charge in [0.05, 0.1) is 6.54 Å². The van der Waals surface area contributed by atoms with Gasteiger partial charge >= 0.3 is 6.03 Å². The summed E-state index contributed by atoms with van der Waals surface area (Å²) in [5, 5.41) is 3.34. The molecule has 1 aliphatic heterocycles. The zero-order chi connectivity index (χ0) is 22.8. The first-order valence-corrected chi connectivity index (χ1v) is 10.7. The molecule has 0 aliphatic carbocycles. The highest BCUT2D eigenvalue weighted by Gasteiger charge is 2.51. The number of ether oxygens (including phenoxy) is 1. The van der Waals surface area contributed by atoms with E-state index in [0.717, 1.165) is 29.3 Å². The molecule has 0 saturated carbocycles. The van der Waals surface area contributed by atoms with Crippen LogP contribution in [0.4, 0.5) is 4.79 Å². The van der Waals surface area contributed by atoms with Crippen LogP contribution >= 0.6 is 11.6 Å². The van der Waals surface area contributed by atoms with Gasteiger partial charge in [-0.1, -0.05) is 30.7 Å². The van der Waals surface area contributed by atoms with Crippen molar-refractivity contribution in [2.45, 2.75) is 45.7 Å². The van der Waals surface area contributed by atoms with Crippen LogP contribution in [-0.2, 0) is 21.6 Å². The molecule has 0 bridgehead atoms. The first-order chi connectivity index (χ1) is 14.7. The van der Waals surface area contributed by atoms with Crippen molar-refractivity contribution in [3.63, 3.8) is 0 Å². The molecule has 1 unspecified atom stereocenters. The van der Waals surface area contributed by atoms with E-state index in [9.17, 15) is 14.4 Å². The van der Waals surface area contributed by atoms with Gasteiger partial charge < -0.3 is 14.6 Å². The summed E-state index contributed by atoms with van der Waals surface area (Å²) in [6.45, 7) is 6.70. The van der Waals surface area contributed by atoms with Crippen molar-refractivity contribution in [3.05, 3.63) is 57.9 Å². The lowest BCUT2D eigenvalue weighted by molar-refractivity contribution is -0.131. The fourth-order valence-electron chi connectivity index (χ4n) is 4.17. The van der Waals surface area contributed by atoms with Gasteiger partial charge in [-0.25, -0.2) is 4.79 Å². The highest BCUT2D eigenvalue weighted by molar-refractivity contribution is 6.30. The minimum atomic E-state index is -1.20. The Morgan fingerprint density at radius 3 is 2.48 bits per heavy atom. The number of benzene rings is 1. The fraction of sp³-hybridized carbons (Fsp3) is 0.435. The van der Waals surface area contributed by atoms with Crippen molar-refractivity contribution in [2.24, 2.45) is 0 Å². The maximum Gasteiger partial charge on any atom is 0.325 e. The molecule has 1 atom stereocenters. The van der Waals surface area contributed by atoms with Gasteiger partial charge in [-0.15, -0.1) is 0 Å². The predicted molar refractivity (Wildman–Crippen MR) is 118 cm³/mol. The molecule has 1 aromatic carbocycles. The minimum absolute atomic E-state index is 0.266. The molecule has 1 saturated heterocycles. The molecule has 7 nitrogen and oxygen atoms in total. The molecule has 1 aliphatic rings. The largest absolute Gasteiger partial charge is 0.385 e. The molecule has 3 rings (SSSR count). The molecular weight excluding hydrogens is 418 g/mol. The summed E-state index contributed by atoms with van der Waals surface area (Å²) in [6.07, 6.45) is 1.19. The summed E-state index contributed by atoms with van der Waals surface area (Å²) in [5.74, 6) is -0.692. The van der Waals surface area contributed by atoms with Crippen LogP contribution in [-0.4, -0.2) is 47.4 Å². The number of methoxy groups -OCH3 is 1. The number of Topliss-reactive ketones (excluding diaryl/α,β-unsaturated/α-hetero) is 1. The van der Waals surface area contributed by atoms with Crippen molar-refractivity contribution in [1.82, 2.24) is 14.8 Å². The molecule has 1 N–H and O–H groups in total. The standard InChI is InChI=1S/C23H28ClN3O4/c1-5-23(17-7-9-18(24)10-8-17)21(29)27(22(30)25-23)14-20(28)19-13-15(2)26(16(19)3)11-6-12-31-4/h7-10,13H,5-6,11-12,14H2,1-4H3,(H,25,30). The van der Waals surface area contributed by atoms with Gasteiger partial charge in [0.1, 0.15) is 5.54 Å². The number of imide groups is 1. The van der Waals surface area contributed by atoms with Crippen molar-refractivity contribution in [3.8, 4) is 0 Å². The van der Waals surface area contributed by atoms with E-state index >= 15 is 0 Å². The summed E-state index contributed by atoms with van der Waals surface area (Å²) in [7, 11) is 1.66. The van der Waals surface area contributed by atoms with Gasteiger partial charge in [0.2, 0.25) is 0 Å². The average Bonchev–Trinajstić information content (AvgIpc) is 3.17. The van der Waals surface area contributed by atoms with Crippen molar-refractivity contribution in [1.29, 1.82) is 0 Å². The van der Waals surface area contributed by atoms with E-state index in [-0.39, 0.29) is 12.3 Å². The van der Waals surface area contributed by atoms with Gasteiger partial charge in [-0.05, 0) is 50.5 Å². The molecule has 0 radical (unpaired) electrons. The molecule has 8 heteroatoms. The Kier molecular flexibility index (Phi) is 6.86. The highest BCUT2D eigenvalue weighted by Crippen LogP contribution is 2.33. The zero-order valence-electron chi connectivity index (χ0n) is 18.3. The average molecular weight is 446 g/mol. The van der Waals surface area contributed by atoms with Crippen LogP contribution in [0.25, 0.3) is 0 Å². The Balaban J connectivity index is 1.82. The number of nitrogens with zero attached hydrogens (tertiary/aromatic N) is 2. The number of halogens is 1. The summed E-state index contributed by atoms with van der Waals surface area (Å²) in [6, 6.07) is 8.06. The van der Waals surface area contributed by atoms with Gasteiger partial charge in [0, 0.05) is 42.2 Å². The van der Waals surface area contributed by atoms with Gasteiger partial charge in [0.25, 0.3) is 5.91 Å². The number of aryl methyl sites for hydroxylation is 1. The van der Waals surface area contributed by atoms with Gasteiger partial charge in [0.15, 0.2) is 5.78 Å². The van der Waals surface area contributed by atoms with Crippen LogP contribution in [0, 0.1) is 13.8 Å². The highest BCUT2D eigenvalue weighted by atomic mass is 35.5. The number of rotatable bonds is 9. The molecule has 2 aromatic rings. The van der Waals surface area contributed by atoms with Gasteiger partial charge in [-0.2, -0.15) is 0 Å². The Morgan fingerprint density at radius 1 is 1.19 bits per heavy atom. The Hall–Kier alpha value is -2.64. The molecule has 2 heterocycles. The van der Waals surface area contributed by atoms with Crippen LogP contribution in [0.2, 0.25) is 5.02 Å². The molecule has 31 heavy (non-hydrogen) atoms. The van der Waals surface area contributed by atoms with Crippen LogP contribution < -0.4 is 5.32 Å². The fourth-order valence-corrected chi connectivity index (χ4v) is 4.29. The number of carbonyl (C=O) groups is 3. The number of nitrogens with one attached hydrogen (secondary N) is 1. The summed E-state index contributed by atoms with van der Waals surface area (Å²) in [4.78, 5) is 40.1. The smallest absolute Gasteiger partial charge is 0.325 e. The maximum atomic E-state index is 13.3. The van der Waals surface area contributed by atoms with E-state index in [0.29, 0.717) is 29.2 Å². The van der Waals surface area contributed by atoms with E-state index in [4.69, 9.17) is 16.3 Å². The molecule has 1 fully saturated rings. The third kappa shape index (κ3) is 4.25. The monoisotopic (exact) mass is 445 g/mol. The first-order valence-electron chi connectivity index (χ1n) is 10.3. The zero-order valence-corrected chi connectivity index (χ0v) is 19.1. The van der Waals surface area contributed by atoms with Gasteiger partial charge in [-0.3, -0.25) is 14.5 Å². The summed E-state index contributed by atoms with van der Waals surface area (Å²) < 4.78 is 7.16. The number of hydrogen-bond donors (Lipinski definition) is 1. The Morgan fingerprint density at radius 2 is 1.87 bits per heavy atom. The second kappa shape index (κ2) is 9.24. The molecule has 1 aromatic heterocycles. The SMILES string of the molecule is CCC1(c2ccc(Cl)cc2)NC(=O)N(CC(=O)c2cc(C)n(CCCOC)c2C)C1=O. The van der Waals surface area contributed by atoms with Crippen molar-refractivity contribution < 1.29 is 19.1 Å². The van der Waals surface area contributed by atoms with E-state index in [1.54, 1.807) is 31.4 Å². The normalized spacial score (nSPS) is 18.5. The summed E-state index contributed by atoms with van der Waals surface area (Å²) >= 11 is 5.97. The quantitative estimate of drug-likeness (QED) is 0.361. The third-order valence-electron chi connectivity index (χ3n) is 5.95. The van der Waals surface area contributed by atoms with Crippen molar-refractivity contribution in [2.75, 3.05) is 20.3 Å². The molecule has 3 amide bonds. The van der Waals surface area contributed by atoms with E-state index in [2.05, 4.69) is 9.88 Å². The Labute approximate surface area is 187 Å². The van der Waals surface area contributed by atoms with E-state index in [1.807, 2.05) is 26.8 Å². The van der Waals surface area contributed by atoms with Crippen molar-refractivity contribution >= 4 is 29.3 Å². The van der Waals surface area contributed by atoms with Crippen LogP contribution in [0.5, 0.6) is 0 Å². The second-order valence-corrected chi connectivity index (χ2v) is 8.23.